The maximum Gasteiger partial charge on any atom is 0.124 e. The molecule has 0 saturated heterocycles. The molecule has 1 aromatic carbocycles. The van der Waals surface area contributed by atoms with Gasteiger partial charge in [-0.2, -0.15) is 0 Å². The SMILES string of the molecule is Cc1ccc2c(c1)[C@@H](N)CC1(CC(C(C)C)C1)O2. The Morgan fingerprint density at radius 3 is 2.67 bits per heavy atom. The summed E-state index contributed by atoms with van der Waals surface area (Å²) < 4.78 is 6.28. The Hall–Kier alpha value is -1.02. The zero-order chi connectivity index (χ0) is 12.9. The van der Waals surface area contributed by atoms with E-state index in [-0.39, 0.29) is 11.6 Å². The van der Waals surface area contributed by atoms with Crippen LogP contribution in [0.2, 0.25) is 0 Å². The van der Waals surface area contributed by atoms with E-state index in [2.05, 4.69) is 39.0 Å². The summed E-state index contributed by atoms with van der Waals surface area (Å²) in [5, 5.41) is 0. The Bertz CT molecular complexity index is 460. The molecule has 2 nitrogen and oxygen atoms in total. The molecule has 2 aliphatic rings. The number of ether oxygens (including phenoxy) is 1. The standard InChI is InChI=1S/C16H23NO/c1-10(2)12-7-16(8-12)9-14(17)13-6-11(3)4-5-15(13)18-16/h4-6,10,12,14H,7-9,17H2,1-3H3/t12?,14-,16?/m0/s1. The van der Waals surface area contributed by atoms with Crippen molar-refractivity contribution in [3.05, 3.63) is 29.3 Å². The summed E-state index contributed by atoms with van der Waals surface area (Å²) in [6, 6.07) is 6.52. The molecule has 0 amide bonds. The highest BCUT2D eigenvalue weighted by Crippen LogP contribution is 2.52. The summed E-state index contributed by atoms with van der Waals surface area (Å²) in [5.41, 5.74) is 8.83. The molecule has 2 N–H and O–H groups in total. The second-order valence-corrected chi connectivity index (χ2v) is 6.55. The van der Waals surface area contributed by atoms with Crippen molar-refractivity contribution in [1.29, 1.82) is 0 Å². The Balaban J connectivity index is 1.83. The highest BCUT2D eigenvalue weighted by molar-refractivity contribution is 5.42. The van der Waals surface area contributed by atoms with Crippen molar-refractivity contribution in [2.45, 2.75) is 51.7 Å². The monoisotopic (exact) mass is 245 g/mol. The molecule has 1 aliphatic heterocycles. The van der Waals surface area contributed by atoms with Crippen molar-refractivity contribution >= 4 is 0 Å². The molecule has 0 radical (unpaired) electrons. The van der Waals surface area contributed by atoms with Gasteiger partial charge in [-0.1, -0.05) is 31.5 Å². The number of rotatable bonds is 1. The van der Waals surface area contributed by atoms with E-state index < -0.39 is 0 Å². The van der Waals surface area contributed by atoms with Crippen LogP contribution < -0.4 is 10.5 Å². The molecule has 18 heavy (non-hydrogen) atoms. The minimum atomic E-state index is 0.0383. The lowest BCUT2D eigenvalue weighted by Crippen LogP contribution is -2.53. The van der Waals surface area contributed by atoms with Gasteiger partial charge in [0.25, 0.3) is 0 Å². The quantitative estimate of drug-likeness (QED) is 0.820. The molecule has 0 aromatic heterocycles. The first kappa shape index (κ1) is 12.0. The van der Waals surface area contributed by atoms with E-state index in [0.717, 1.165) is 24.0 Å². The molecular weight excluding hydrogens is 222 g/mol. The second kappa shape index (κ2) is 3.99. The van der Waals surface area contributed by atoms with Gasteiger partial charge in [0.05, 0.1) is 0 Å². The van der Waals surface area contributed by atoms with Crippen molar-refractivity contribution < 1.29 is 4.74 Å². The molecule has 1 aromatic rings. The lowest BCUT2D eigenvalue weighted by Gasteiger charge is -2.52. The number of fused-ring (bicyclic) bond motifs is 1. The highest BCUT2D eigenvalue weighted by atomic mass is 16.5. The molecular formula is C16H23NO. The normalized spacial score (nSPS) is 34.1. The molecule has 1 fully saturated rings. The van der Waals surface area contributed by atoms with Gasteiger partial charge >= 0.3 is 0 Å². The van der Waals surface area contributed by atoms with E-state index in [9.17, 15) is 0 Å². The van der Waals surface area contributed by atoms with Crippen LogP contribution in [-0.2, 0) is 0 Å². The van der Waals surface area contributed by atoms with Gasteiger partial charge in [0.1, 0.15) is 11.4 Å². The molecule has 3 rings (SSSR count). The number of hydrogen-bond donors (Lipinski definition) is 1. The predicted octanol–water partition coefficient (Wildman–Crippen LogP) is 3.58. The molecule has 1 saturated carbocycles. The van der Waals surface area contributed by atoms with Crippen LogP contribution in [0.3, 0.4) is 0 Å². The third-order valence-corrected chi connectivity index (χ3v) is 4.69. The van der Waals surface area contributed by atoms with Gasteiger partial charge in [-0.25, -0.2) is 0 Å². The number of aryl methyl sites for hydroxylation is 1. The van der Waals surface area contributed by atoms with Crippen LogP contribution in [0.5, 0.6) is 5.75 Å². The Kier molecular flexibility index (Phi) is 2.67. The van der Waals surface area contributed by atoms with Gasteiger partial charge in [-0.3, -0.25) is 0 Å². The fourth-order valence-electron chi connectivity index (χ4n) is 3.45. The van der Waals surface area contributed by atoms with Crippen LogP contribution in [-0.4, -0.2) is 5.60 Å². The van der Waals surface area contributed by atoms with Gasteiger partial charge in [-0.15, -0.1) is 0 Å². The fraction of sp³-hybridized carbons (Fsp3) is 0.625. The minimum absolute atomic E-state index is 0.0383. The largest absolute Gasteiger partial charge is 0.487 e. The van der Waals surface area contributed by atoms with E-state index in [4.69, 9.17) is 10.5 Å². The number of nitrogens with two attached hydrogens (primary N) is 1. The van der Waals surface area contributed by atoms with Crippen LogP contribution >= 0.6 is 0 Å². The highest BCUT2D eigenvalue weighted by Gasteiger charge is 2.50. The lowest BCUT2D eigenvalue weighted by atomic mass is 9.62. The summed E-state index contributed by atoms with van der Waals surface area (Å²) >= 11 is 0. The van der Waals surface area contributed by atoms with Crippen LogP contribution in [0, 0.1) is 18.8 Å². The zero-order valence-corrected chi connectivity index (χ0v) is 11.6. The topological polar surface area (TPSA) is 35.2 Å². The summed E-state index contributed by atoms with van der Waals surface area (Å²) in [6.07, 6.45) is 3.32. The molecule has 98 valence electrons. The van der Waals surface area contributed by atoms with Gasteiger partial charge in [0.2, 0.25) is 0 Å². The van der Waals surface area contributed by atoms with E-state index in [1.54, 1.807) is 0 Å². The number of benzene rings is 1. The maximum atomic E-state index is 6.34. The summed E-state index contributed by atoms with van der Waals surface area (Å²) in [7, 11) is 0. The lowest BCUT2D eigenvalue weighted by molar-refractivity contribution is -0.0845. The Morgan fingerprint density at radius 1 is 1.28 bits per heavy atom. The van der Waals surface area contributed by atoms with Gasteiger partial charge in [-0.05, 0) is 37.7 Å². The first-order chi connectivity index (χ1) is 8.49. The predicted molar refractivity (Wildman–Crippen MR) is 73.6 cm³/mol. The first-order valence-corrected chi connectivity index (χ1v) is 7.04. The van der Waals surface area contributed by atoms with Gasteiger partial charge in [0.15, 0.2) is 0 Å². The summed E-state index contributed by atoms with van der Waals surface area (Å²) in [5.74, 6) is 2.58. The second-order valence-electron chi connectivity index (χ2n) is 6.55. The van der Waals surface area contributed by atoms with Gasteiger partial charge < -0.3 is 10.5 Å². The van der Waals surface area contributed by atoms with Crippen molar-refractivity contribution in [3.63, 3.8) is 0 Å². The molecule has 1 atom stereocenters. The van der Waals surface area contributed by atoms with E-state index >= 15 is 0 Å². The van der Waals surface area contributed by atoms with Gasteiger partial charge in [0, 0.05) is 18.0 Å². The molecule has 1 aliphatic carbocycles. The molecule has 1 heterocycles. The molecule has 2 heteroatoms. The minimum Gasteiger partial charge on any atom is -0.487 e. The molecule has 1 spiro atoms. The fourth-order valence-corrected chi connectivity index (χ4v) is 3.45. The van der Waals surface area contributed by atoms with Crippen LogP contribution in [0.1, 0.15) is 50.3 Å². The first-order valence-electron chi connectivity index (χ1n) is 7.04. The molecule has 0 unspecified atom stereocenters. The Labute approximate surface area is 110 Å². The van der Waals surface area contributed by atoms with Crippen molar-refractivity contribution in [2.75, 3.05) is 0 Å². The van der Waals surface area contributed by atoms with Crippen molar-refractivity contribution in [2.24, 2.45) is 17.6 Å². The van der Waals surface area contributed by atoms with E-state index in [0.29, 0.717) is 0 Å². The average molecular weight is 245 g/mol. The Morgan fingerprint density at radius 2 is 2.00 bits per heavy atom. The average Bonchev–Trinajstić information content (AvgIpc) is 2.26. The van der Waals surface area contributed by atoms with E-state index in [1.807, 2.05) is 0 Å². The molecule has 0 bridgehead atoms. The summed E-state index contributed by atoms with van der Waals surface area (Å²) in [6.45, 7) is 6.71. The van der Waals surface area contributed by atoms with Crippen LogP contribution in [0.15, 0.2) is 18.2 Å². The van der Waals surface area contributed by atoms with Crippen LogP contribution in [0.25, 0.3) is 0 Å². The smallest absolute Gasteiger partial charge is 0.124 e. The third-order valence-electron chi connectivity index (χ3n) is 4.69. The van der Waals surface area contributed by atoms with Crippen molar-refractivity contribution in [3.8, 4) is 5.75 Å². The maximum absolute atomic E-state index is 6.34. The zero-order valence-electron chi connectivity index (χ0n) is 11.6. The third kappa shape index (κ3) is 1.83. The van der Waals surface area contributed by atoms with E-state index in [1.165, 1.54) is 24.0 Å². The number of hydrogen-bond acceptors (Lipinski definition) is 2. The van der Waals surface area contributed by atoms with Crippen LogP contribution in [0.4, 0.5) is 0 Å². The van der Waals surface area contributed by atoms with Crippen molar-refractivity contribution in [1.82, 2.24) is 0 Å². The summed E-state index contributed by atoms with van der Waals surface area (Å²) in [4.78, 5) is 0.